The lowest BCUT2D eigenvalue weighted by Gasteiger charge is -2.14. The summed E-state index contributed by atoms with van der Waals surface area (Å²) in [5.74, 6) is 0.616. The average Bonchev–Trinajstić information content (AvgIpc) is 2.68. The van der Waals surface area contributed by atoms with Crippen molar-refractivity contribution < 1.29 is 5.11 Å². The van der Waals surface area contributed by atoms with Gasteiger partial charge in [-0.2, -0.15) is 0 Å². The lowest BCUT2D eigenvalue weighted by Crippen LogP contribution is -2.08. The molecule has 3 nitrogen and oxygen atoms in total. The summed E-state index contributed by atoms with van der Waals surface area (Å²) in [6, 6.07) is 5.50. The van der Waals surface area contributed by atoms with E-state index in [0.717, 1.165) is 11.1 Å². The van der Waals surface area contributed by atoms with Crippen LogP contribution >= 0.6 is 11.6 Å². The van der Waals surface area contributed by atoms with Gasteiger partial charge < -0.3 is 9.67 Å². The predicted octanol–water partition coefficient (Wildman–Crippen LogP) is 2.46. The molecular formula is C12H13ClN2O. The Balaban J connectivity index is 2.46. The molecule has 1 N–H and O–H groups in total. The number of rotatable bonds is 2. The molecule has 0 radical (unpaired) electrons. The topological polar surface area (TPSA) is 38.1 Å². The summed E-state index contributed by atoms with van der Waals surface area (Å²) in [6.07, 6.45) is 2.73. The number of aliphatic hydroxyl groups is 1. The van der Waals surface area contributed by atoms with Crippen molar-refractivity contribution in [3.63, 3.8) is 0 Å². The Hall–Kier alpha value is -1.32. The van der Waals surface area contributed by atoms with Crippen LogP contribution in [0.1, 0.15) is 23.1 Å². The van der Waals surface area contributed by atoms with E-state index in [1.165, 1.54) is 0 Å². The fourth-order valence-electron chi connectivity index (χ4n) is 1.70. The quantitative estimate of drug-likeness (QED) is 0.870. The predicted molar refractivity (Wildman–Crippen MR) is 63.5 cm³/mol. The molecule has 2 aromatic rings. The molecule has 4 heteroatoms. The first-order valence-electron chi connectivity index (χ1n) is 5.01. The molecule has 0 aliphatic rings. The fourth-order valence-corrected chi connectivity index (χ4v) is 1.88. The van der Waals surface area contributed by atoms with Gasteiger partial charge in [-0.3, -0.25) is 0 Å². The summed E-state index contributed by atoms with van der Waals surface area (Å²) in [4.78, 5) is 4.13. The van der Waals surface area contributed by atoms with E-state index < -0.39 is 6.10 Å². The van der Waals surface area contributed by atoms with E-state index in [9.17, 15) is 5.11 Å². The van der Waals surface area contributed by atoms with Gasteiger partial charge in [-0.15, -0.1) is 0 Å². The summed E-state index contributed by atoms with van der Waals surface area (Å²) < 4.78 is 1.80. The fraction of sp³-hybridized carbons (Fsp3) is 0.250. The molecular weight excluding hydrogens is 224 g/mol. The molecule has 1 aromatic heterocycles. The van der Waals surface area contributed by atoms with Gasteiger partial charge in [0.2, 0.25) is 0 Å². The maximum absolute atomic E-state index is 10.2. The zero-order valence-electron chi connectivity index (χ0n) is 9.18. The van der Waals surface area contributed by atoms with Crippen molar-refractivity contribution in [3.05, 3.63) is 52.6 Å². The van der Waals surface area contributed by atoms with E-state index >= 15 is 0 Å². The van der Waals surface area contributed by atoms with E-state index in [-0.39, 0.29) is 0 Å². The van der Waals surface area contributed by atoms with Gasteiger partial charge in [-0.1, -0.05) is 23.7 Å². The van der Waals surface area contributed by atoms with Gasteiger partial charge in [0.05, 0.1) is 0 Å². The molecule has 1 unspecified atom stereocenters. The number of aliphatic hydroxyl groups excluding tert-OH is 1. The monoisotopic (exact) mass is 236 g/mol. The second kappa shape index (κ2) is 4.28. The van der Waals surface area contributed by atoms with Crippen LogP contribution in [0.4, 0.5) is 0 Å². The summed E-state index contributed by atoms with van der Waals surface area (Å²) in [6.45, 7) is 1.89. The SMILES string of the molecule is Cc1c(Cl)cccc1C(O)c1nccn1C. The van der Waals surface area contributed by atoms with Crippen molar-refractivity contribution in [2.45, 2.75) is 13.0 Å². The second-order valence-electron chi connectivity index (χ2n) is 3.75. The third kappa shape index (κ3) is 1.84. The zero-order chi connectivity index (χ0) is 11.7. The van der Waals surface area contributed by atoms with E-state index in [1.807, 2.05) is 32.2 Å². The van der Waals surface area contributed by atoms with Crippen molar-refractivity contribution in [1.82, 2.24) is 9.55 Å². The van der Waals surface area contributed by atoms with Gasteiger partial charge in [0.25, 0.3) is 0 Å². The molecule has 0 amide bonds. The number of hydrogen-bond acceptors (Lipinski definition) is 2. The number of hydrogen-bond donors (Lipinski definition) is 1. The smallest absolute Gasteiger partial charge is 0.142 e. The van der Waals surface area contributed by atoms with Gasteiger partial charge in [-0.05, 0) is 24.1 Å². The Morgan fingerprint density at radius 1 is 1.44 bits per heavy atom. The Bertz CT molecular complexity index is 507. The normalized spacial score (nSPS) is 12.8. The van der Waals surface area contributed by atoms with Crippen LogP contribution in [0.15, 0.2) is 30.6 Å². The van der Waals surface area contributed by atoms with E-state index in [0.29, 0.717) is 10.8 Å². The molecule has 1 atom stereocenters. The Morgan fingerprint density at radius 3 is 2.81 bits per heavy atom. The first-order valence-corrected chi connectivity index (χ1v) is 5.39. The van der Waals surface area contributed by atoms with Gasteiger partial charge >= 0.3 is 0 Å². The number of aryl methyl sites for hydroxylation is 1. The van der Waals surface area contributed by atoms with Crippen LogP contribution in [0, 0.1) is 6.92 Å². The minimum atomic E-state index is -0.737. The molecule has 0 spiro atoms. The Kier molecular flexibility index (Phi) is 2.99. The van der Waals surface area contributed by atoms with E-state index in [4.69, 9.17) is 11.6 Å². The maximum Gasteiger partial charge on any atom is 0.142 e. The summed E-state index contributed by atoms with van der Waals surface area (Å²) in [5, 5.41) is 10.9. The summed E-state index contributed by atoms with van der Waals surface area (Å²) >= 11 is 6.02. The molecule has 84 valence electrons. The molecule has 1 aromatic carbocycles. The van der Waals surface area contributed by atoms with Crippen LogP contribution < -0.4 is 0 Å². The van der Waals surface area contributed by atoms with Gasteiger partial charge in [0, 0.05) is 24.5 Å². The minimum absolute atomic E-state index is 0.616. The first-order chi connectivity index (χ1) is 7.61. The van der Waals surface area contributed by atoms with Gasteiger partial charge in [0.1, 0.15) is 11.9 Å². The number of imidazole rings is 1. The summed E-state index contributed by atoms with van der Waals surface area (Å²) in [7, 11) is 1.85. The Morgan fingerprint density at radius 2 is 2.19 bits per heavy atom. The molecule has 0 aliphatic carbocycles. The number of benzene rings is 1. The van der Waals surface area contributed by atoms with Crippen LogP contribution in [-0.2, 0) is 7.05 Å². The van der Waals surface area contributed by atoms with Crippen molar-refractivity contribution in [2.75, 3.05) is 0 Å². The summed E-state index contributed by atoms with van der Waals surface area (Å²) in [5.41, 5.74) is 1.68. The van der Waals surface area contributed by atoms with Crippen LogP contribution in [0.3, 0.4) is 0 Å². The second-order valence-corrected chi connectivity index (χ2v) is 4.16. The van der Waals surface area contributed by atoms with Crippen LogP contribution in [0.25, 0.3) is 0 Å². The molecule has 1 heterocycles. The Labute approximate surface area is 99.3 Å². The molecule has 0 saturated heterocycles. The molecule has 0 saturated carbocycles. The number of aromatic nitrogens is 2. The lowest BCUT2D eigenvalue weighted by atomic mass is 10.0. The highest BCUT2D eigenvalue weighted by atomic mass is 35.5. The molecule has 0 fully saturated rings. The highest BCUT2D eigenvalue weighted by Crippen LogP contribution is 2.27. The standard InChI is InChI=1S/C12H13ClN2O/c1-8-9(4-3-5-10(8)13)11(16)12-14-6-7-15(12)2/h3-7,11,16H,1-2H3. The number of nitrogens with zero attached hydrogens (tertiary/aromatic N) is 2. The van der Waals surface area contributed by atoms with Gasteiger partial charge in [0.15, 0.2) is 0 Å². The van der Waals surface area contributed by atoms with E-state index in [2.05, 4.69) is 4.98 Å². The number of halogens is 1. The third-order valence-corrected chi connectivity index (χ3v) is 3.12. The largest absolute Gasteiger partial charge is 0.380 e. The minimum Gasteiger partial charge on any atom is -0.380 e. The highest BCUT2D eigenvalue weighted by Gasteiger charge is 2.17. The van der Waals surface area contributed by atoms with Crippen molar-refractivity contribution >= 4 is 11.6 Å². The third-order valence-electron chi connectivity index (χ3n) is 2.71. The van der Waals surface area contributed by atoms with Gasteiger partial charge in [-0.25, -0.2) is 4.98 Å². The first kappa shape index (κ1) is 11.2. The van der Waals surface area contributed by atoms with Crippen LogP contribution in [0.5, 0.6) is 0 Å². The average molecular weight is 237 g/mol. The van der Waals surface area contributed by atoms with Crippen molar-refractivity contribution in [1.29, 1.82) is 0 Å². The molecule has 2 rings (SSSR count). The zero-order valence-corrected chi connectivity index (χ0v) is 9.94. The highest BCUT2D eigenvalue weighted by molar-refractivity contribution is 6.31. The van der Waals surface area contributed by atoms with E-state index in [1.54, 1.807) is 17.0 Å². The molecule has 0 aliphatic heterocycles. The van der Waals surface area contributed by atoms with Crippen molar-refractivity contribution in [3.8, 4) is 0 Å². The lowest BCUT2D eigenvalue weighted by molar-refractivity contribution is 0.205. The van der Waals surface area contributed by atoms with Crippen LogP contribution in [-0.4, -0.2) is 14.7 Å². The van der Waals surface area contributed by atoms with Crippen LogP contribution in [0.2, 0.25) is 5.02 Å². The molecule has 16 heavy (non-hydrogen) atoms. The maximum atomic E-state index is 10.2. The molecule has 0 bridgehead atoms. The van der Waals surface area contributed by atoms with Crippen molar-refractivity contribution in [2.24, 2.45) is 7.05 Å².